The van der Waals surface area contributed by atoms with Crippen LogP contribution in [0, 0.1) is 0 Å². The van der Waals surface area contributed by atoms with E-state index >= 15 is 0 Å². The number of likely N-dealkylation sites (N-methyl/N-ethyl adjacent to an activating group) is 1. The molecule has 5 rings (SSSR count). The van der Waals surface area contributed by atoms with Crippen molar-refractivity contribution in [3.63, 3.8) is 0 Å². The number of hydrogen-bond acceptors (Lipinski definition) is 5. The van der Waals surface area contributed by atoms with Crippen LogP contribution in [0.3, 0.4) is 0 Å². The maximum absolute atomic E-state index is 13.5. The standard InChI is InChI=1S/C23H32N6O3S/c1-27-11-5-8-18(14-27)29(19-13-24-28(2)15-19)33(31,32)26-23(30)25-22-20-9-3-6-16(20)12-17-7-4-10-21(17)22/h12-13,15,18H,3-11,14H2,1-2H3,(H2,25,26,30)/p-1. The van der Waals surface area contributed by atoms with Crippen LogP contribution in [0.15, 0.2) is 22.9 Å². The zero-order valence-electron chi connectivity index (χ0n) is 19.2. The summed E-state index contributed by atoms with van der Waals surface area (Å²) in [7, 11) is -0.556. The first-order chi connectivity index (χ1) is 15.8. The number of nitrogens with one attached hydrogen (secondary N) is 1. The van der Waals surface area contributed by atoms with Gasteiger partial charge in [-0.2, -0.15) is 13.5 Å². The van der Waals surface area contributed by atoms with Crippen molar-refractivity contribution in [1.29, 1.82) is 0 Å². The van der Waals surface area contributed by atoms with E-state index in [1.54, 1.807) is 17.9 Å². The Bertz CT molecular complexity index is 1160. The SMILES string of the molecule is CN1CCCC(N(c2cnn(C)c2)S(=O)(=O)/N=C(\[O-])Nc2c3c(cc4c2CCC4)CCC3)C1. The largest absolute Gasteiger partial charge is 0.845 e. The molecule has 0 amide bonds. The van der Waals surface area contributed by atoms with E-state index in [-0.39, 0.29) is 6.04 Å². The summed E-state index contributed by atoms with van der Waals surface area (Å²) < 4.78 is 33.5. The Hall–Kier alpha value is -2.59. The van der Waals surface area contributed by atoms with E-state index in [0.29, 0.717) is 18.7 Å². The van der Waals surface area contributed by atoms with Gasteiger partial charge in [-0.15, -0.1) is 4.40 Å². The van der Waals surface area contributed by atoms with Crippen molar-refractivity contribution in [1.82, 2.24) is 14.7 Å². The quantitative estimate of drug-likeness (QED) is 0.522. The van der Waals surface area contributed by atoms with Crippen LogP contribution in [-0.4, -0.2) is 55.3 Å². The van der Waals surface area contributed by atoms with E-state index in [1.165, 1.54) is 21.6 Å². The molecule has 2 aromatic rings. The van der Waals surface area contributed by atoms with Crippen LogP contribution in [-0.2, 0) is 42.9 Å². The van der Waals surface area contributed by atoms with Crippen LogP contribution >= 0.6 is 0 Å². The Labute approximate surface area is 195 Å². The number of amidine groups is 1. The molecule has 2 heterocycles. The van der Waals surface area contributed by atoms with E-state index in [9.17, 15) is 13.5 Å². The van der Waals surface area contributed by atoms with Crippen molar-refractivity contribution in [3.05, 3.63) is 40.7 Å². The first-order valence-electron chi connectivity index (χ1n) is 11.7. The smallest absolute Gasteiger partial charge is 0.345 e. The van der Waals surface area contributed by atoms with Crippen molar-refractivity contribution in [3.8, 4) is 0 Å². The highest BCUT2D eigenvalue weighted by Crippen LogP contribution is 2.38. The number of benzene rings is 1. The molecule has 9 nitrogen and oxygen atoms in total. The number of aryl methyl sites for hydroxylation is 3. The Morgan fingerprint density at radius 3 is 2.45 bits per heavy atom. The summed E-state index contributed by atoms with van der Waals surface area (Å²) in [5.74, 6) is 0. The molecule has 10 heteroatoms. The first kappa shape index (κ1) is 22.2. The van der Waals surface area contributed by atoms with Crippen molar-refractivity contribution in [2.24, 2.45) is 11.4 Å². The van der Waals surface area contributed by atoms with Crippen molar-refractivity contribution in [2.75, 3.05) is 29.8 Å². The van der Waals surface area contributed by atoms with E-state index in [2.05, 4.69) is 25.8 Å². The van der Waals surface area contributed by atoms with Crippen LogP contribution in [0.5, 0.6) is 0 Å². The monoisotopic (exact) mass is 471 g/mol. The predicted molar refractivity (Wildman–Crippen MR) is 127 cm³/mol. The number of piperidine rings is 1. The van der Waals surface area contributed by atoms with E-state index < -0.39 is 16.2 Å². The second kappa shape index (κ2) is 8.64. The third-order valence-electron chi connectivity index (χ3n) is 7.03. The summed E-state index contributed by atoms with van der Waals surface area (Å²) >= 11 is 0. The lowest BCUT2D eigenvalue weighted by molar-refractivity contribution is -0.213. The number of anilines is 2. The lowest BCUT2D eigenvalue weighted by atomic mass is 9.99. The molecular weight excluding hydrogens is 440 g/mol. The minimum absolute atomic E-state index is 0.306. The zero-order chi connectivity index (χ0) is 23.2. The number of hydrogen-bond donors (Lipinski definition) is 1. The van der Waals surface area contributed by atoms with Crippen LogP contribution in [0.1, 0.15) is 47.9 Å². The van der Waals surface area contributed by atoms with Gasteiger partial charge in [0.1, 0.15) is 0 Å². The van der Waals surface area contributed by atoms with E-state index in [4.69, 9.17) is 0 Å². The number of rotatable bonds is 5. The molecule has 1 atom stereocenters. The van der Waals surface area contributed by atoms with Gasteiger partial charge in [-0.05, 0) is 87.2 Å². The molecule has 1 aromatic heterocycles. The van der Waals surface area contributed by atoms with Crippen LogP contribution in [0.2, 0.25) is 0 Å². The van der Waals surface area contributed by atoms with Gasteiger partial charge >= 0.3 is 10.2 Å². The molecule has 1 aromatic carbocycles. The Morgan fingerprint density at radius 2 is 1.85 bits per heavy atom. The number of aromatic nitrogens is 2. The Balaban J connectivity index is 1.48. The fourth-order valence-corrected chi connectivity index (χ4v) is 6.88. The third-order valence-corrected chi connectivity index (χ3v) is 8.43. The molecule has 1 fully saturated rings. The van der Waals surface area contributed by atoms with Crippen molar-refractivity contribution in [2.45, 2.75) is 57.4 Å². The predicted octanol–water partition coefficient (Wildman–Crippen LogP) is 1.37. The minimum Gasteiger partial charge on any atom is -0.845 e. The molecule has 1 saturated heterocycles. The molecule has 1 unspecified atom stereocenters. The second-order valence-electron chi connectivity index (χ2n) is 9.46. The summed E-state index contributed by atoms with van der Waals surface area (Å²) in [6, 6.07) is 1.14. The van der Waals surface area contributed by atoms with Crippen molar-refractivity contribution < 1.29 is 13.5 Å². The fourth-order valence-electron chi connectivity index (χ4n) is 5.63. The minimum atomic E-state index is -4.27. The molecule has 178 valence electrons. The molecule has 0 saturated carbocycles. The molecule has 0 spiro atoms. The lowest BCUT2D eigenvalue weighted by Gasteiger charge is -2.36. The average Bonchev–Trinajstić information content (AvgIpc) is 3.48. The Morgan fingerprint density at radius 1 is 1.15 bits per heavy atom. The number of likely N-dealkylation sites (tertiary alicyclic amines) is 1. The molecule has 1 aliphatic heterocycles. The van der Waals surface area contributed by atoms with Crippen molar-refractivity contribution >= 4 is 27.6 Å². The third kappa shape index (κ3) is 4.33. The average molecular weight is 472 g/mol. The molecular formula is C23H31N6O3S-. The summed E-state index contributed by atoms with van der Waals surface area (Å²) in [5.41, 5.74) is 6.07. The molecule has 2 aliphatic carbocycles. The van der Waals surface area contributed by atoms with Crippen LogP contribution in [0.25, 0.3) is 0 Å². The van der Waals surface area contributed by atoms with Crippen LogP contribution < -0.4 is 14.7 Å². The molecule has 33 heavy (non-hydrogen) atoms. The lowest BCUT2D eigenvalue weighted by Crippen LogP contribution is -2.49. The maximum atomic E-state index is 13.5. The summed E-state index contributed by atoms with van der Waals surface area (Å²) in [4.78, 5) is 2.10. The summed E-state index contributed by atoms with van der Waals surface area (Å²) in [6.07, 6.45) is 10.7. The zero-order valence-corrected chi connectivity index (χ0v) is 20.1. The molecule has 0 bridgehead atoms. The van der Waals surface area contributed by atoms with Gasteiger partial charge in [-0.25, -0.2) is 4.31 Å². The highest BCUT2D eigenvalue weighted by molar-refractivity contribution is 7.91. The molecule has 0 radical (unpaired) electrons. The first-order valence-corrected chi connectivity index (χ1v) is 13.1. The highest BCUT2D eigenvalue weighted by atomic mass is 32.2. The van der Waals surface area contributed by atoms with Gasteiger partial charge in [-0.1, -0.05) is 6.07 Å². The van der Waals surface area contributed by atoms with Crippen LogP contribution in [0.4, 0.5) is 11.4 Å². The van der Waals surface area contributed by atoms with Gasteiger partial charge in [0, 0.05) is 25.5 Å². The number of nitrogens with zero attached hydrogens (tertiary/aromatic N) is 5. The Kier molecular flexibility index (Phi) is 5.82. The summed E-state index contributed by atoms with van der Waals surface area (Å²) in [6.45, 7) is 1.49. The normalized spacial score (nSPS) is 21.2. The molecule has 3 aliphatic rings. The van der Waals surface area contributed by atoms with Gasteiger partial charge in [0.05, 0.1) is 23.9 Å². The van der Waals surface area contributed by atoms with Gasteiger partial charge in [0.15, 0.2) is 0 Å². The topological polar surface area (TPSA) is 106 Å². The van der Waals surface area contributed by atoms with E-state index in [0.717, 1.165) is 68.3 Å². The molecule has 1 N–H and O–H groups in total. The number of fused-ring (bicyclic) bond motifs is 2. The van der Waals surface area contributed by atoms with E-state index in [1.807, 2.05) is 7.05 Å². The van der Waals surface area contributed by atoms with Gasteiger partial charge in [0.25, 0.3) is 0 Å². The van der Waals surface area contributed by atoms with Gasteiger partial charge in [-0.3, -0.25) is 4.68 Å². The fraction of sp³-hybridized carbons (Fsp3) is 0.565. The maximum Gasteiger partial charge on any atom is 0.345 e. The van der Waals surface area contributed by atoms with Gasteiger partial charge in [0.2, 0.25) is 0 Å². The highest BCUT2D eigenvalue weighted by Gasteiger charge is 2.33. The van der Waals surface area contributed by atoms with Gasteiger partial charge < -0.3 is 15.3 Å². The second-order valence-corrected chi connectivity index (χ2v) is 10.9. The summed E-state index contributed by atoms with van der Waals surface area (Å²) in [5, 5.41) is 20.0.